The first-order valence-electron chi connectivity index (χ1n) is 6.70. The van der Waals surface area contributed by atoms with Crippen molar-refractivity contribution in [3.63, 3.8) is 0 Å². The molecule has 4 heteroatoms. The van der Waals surface area contributed by atoms with Gasteiger partial charge in [-0.25, -0.2) is 0 Å². The van der Waals surface area contributed by atoms with Gasteiger partial charge >= 0.3 is 0 Å². The number of anilines is 2. The van der Waals surface area contributed by atoms with E-state index in [0.717, 1.165) is 11.3 Å². The van der Waals surface area contributed by atoms with Gasteiger partial charge in [0.25, 0.3) is 5.91 Å². The fourth-order valence-electron chi connectivity index (χ4n) is 2.00. The molecule has 2 rings (SSSR count). The van der Waals surface area contributed by atoms with Crippen molar-refractivity contribution in [1.29, 1.82) is 0 Å². The number of benzene rings is 2. The number of carbonyl (C=O) groups is 2. The van der Waals surface area contributed by atoms with E-state index < -0.39 is 0 Å². The normalized spacial score (nSPS) is 10.0. The minimum absolute atomic E-state index is 0.0580. The lowest BCUT2D eigenvalue weighted by Gasteiger charge is -2.16. The molecule has 2 aromatic carbocycles. The molecule has 21 heavy (non-hydrogen) atoms. The molecule has 0 spiro atoms. The molecular formula is C17H18N2O2. The summed E-state index contributed by atoms with van der Waals surface area (Å²) in [5, 5.41) is 2.86. The molecular weight excluding hydrogens is 264 g/mol. The van der Waals surface area contributed by atoms with Crippen LogP contribution in [-0.2, 0) is 4.79 Å². The number of carbonyl (C=O) groups excluding carboxylic acids is 2. The van der Waals surface area contributed by atoms with E-state index in [-0.39, 0.29) is 11.8 Å². The molecule has 1 N–H and O–H groups in total. The quantitative estimate of drug-likeness (QED) is 0.939. The van der Waals surface area contributed by atoms with E-state index in [4.69, 9.17) is 0 Å². The third-order valence-electron chi connectivity index (χ3n) is 3.35. The Bertz CT molecular complexity index is 680. The van der Waals surface area contributed by atoms with Gasteiger partial charge in [-0.05, 0) is 36.8 Å². The zero-order valence-electron chi connectivity index (χ0n) is 12.4. The minimum atomic E-state index is -0.157. The predicted molar refractivity (Wildman–Crippen MR) is 84.7 cm³/mol. The fourth-order valence-corrected chi connectivity index (χ4v) is 2.00. The Balaban J connectivity index is 2.21. The maximum absolute atomic E-state index is 12.3. The van der Waals surface area contributed by atoms with Crippen molar-refractivity contribution in [2.75, 3.05) is 17.3 Å². The van der Waals surface area contributed by atoms with Gasteiger partial charge in [0.15, 0.2) is 0 Å². The molecule has 0 saturated heterocycles. The maximum atomic E-state index is 12.3. The molecule has 0 unspecified atom stereocenters. The summed E-state index contributed by atoms with van der Waals surface area (Å²) in [4.78, 5) is 25.2. The molecule has 0 bridgehead atoms. The van der Waals surface area contributed by atoms with E-state index in [1.807, 2.05) is 37.3 Å². The second kappa shape index (κ2) is 6.22. The monoisotopic (exact) mass is 282 g/mol. The number of hydrogen-bond acceptors (Lipinski definition) is 2. The van der Waals surface area contributed by atoms with Crippen LogP contribution in [-0.4, -0.2) is 18.9 Å². The van der Waals surface area contributed by atoms with Gasteiger partial charge in [-0.2, -0.15) is 0 Å². The van der Waals surface area contributed by atoms with Crippen LogP contribution in [0.3, 0.4) is 0 Å². The average molecular weight is 282 g/mol. The van der Waals surface area contributed by atoms with E-state index in [1.54, 1.807) is 25.2 Å². The molecule has 0 aromatic heterocycles. The highest BCUT2D eigenvalue weighted by atomic mass is 16.2. The van der Waals surface area contributed by atoms with Gasteiger partial charge in [0, 0.05) is 30.9 Å². The smallest absolute Gasteiger partial charge is 0.255 e. The van der Waals surface area contributed by atoms with Crippen LogP contribution in [0.5, 0.6) is 0 Å². The Morgan fingerprint density at radius 1 is 1.05 bits per heavy atom. The van der Waals surface area contributed by atoms with Gasteiger partial charge < -0.3 is 10.2 Å². The van der Waals surface area contributed by atoms with Crippen molar-refractivity contribution in [2.24, 2.45) is 0 Å². The lowest BCUT2D eigenvalue weighted by molar-refractivity contribution is -0.116. The second-order valence-corrected chi connectivity index (χ2v) is 4.90. The van der Waals surface area contributed by atoms with Gasteiger partial charge in [-0.1, -0.05) is 24.3 Å². The zero-order chi connectivity index (χ0) is 15.4. The Hall–Kier alpha value is -2.62. The molecule has 0 heterocycles. The SMILES string of the molecule is CC(=O)N(C)c1cccc(NC(=O)c2ccccc2C)c1. The molecule has 2 amide bonds. The van der Waals surface area contributed by atoms with Gasteiger partial charge in [-0.15, -0.1) is 0 Å². The van der Waals surface area contributed by atoms with Crippen molar-refractivity contribution in [2.45, 2.75) is 13.8 Å². The first-order chi connectivity index (χ1) is 9.99. The van der Waals surface area contributed by atoms with Crippen molar-refractivity contribution in [3.05, 3.63) is 59.7 Å². The Labute approximate surface area is 124 Å². The third kappa shape index (κ3) is 3.48. The average Bonchev–Trinajstić information content (AvgIpc) is 2.47. The van der Waals surface area contributed by atoms with Gasteiger partial charge in [0.2, 0.25) is 5.91 Å². The number of aryl methyl sites for hydroxylation is 1. The summed E-state index contributed by atoms with van der Waals surface area (Å²) in [7, 11) is 1.70. The van der Waals surface area contributed by atoms with Crippen LogP contribution in [0.15, 0.2) is 48.5 Å². The van der Waals surface area contributed by atoms with Crippen LogP contribution < -0.4 is 10.2 Å². The fraction of sp³-hybridized carbons (Fsp3) is 0.176. The molecule has 2 aromatic rings. The third-order valence-corrected chi connectivity index (χ3v) is 3.35. The summed E-state index contributed by atoms with van der Waals surface area (Å²) < 4.78 is 0. The van der Waals surface area contributed by atoms with Crippen LogP contribution >= 0.6 is 0 Å². The van der Waals surface area contributed by atoms with Crippen LogP contribution in [0.2, 0.25) is 0 Å². The molecule has 0 radical (unpaired) electrons. The van der Waals surface area contributed by atoms with E-state index in [9.17, 15) is 9.59 Å². The van der Waals surface area contributed by atoms with Gasteiger partial charge in [0.05, 0.1) is 0 Å². The van der Waals surface area contributed by atoms with Crippen LogP contribution in [0.1, 0.15) is 22.8 Å². The van der Waals surface area contributed by atoms with Crippen LogP contribution in [0, 0.1) is 6.92 Å². The molecule has 0 atom stereocenters. The largest absolute Gasteiger partial charge is 0.322 e. The Morgan fingerprint density at radius 2 is 1.76 bits per heavy atom. The topological polar surface area (TPSA) is 49.4 Å². The number of amides is 2. The van der Waals surface area contributed by atoms with Crippen LogP contribution in [0.4, 0.5) is 11.4 Å². The lowest BCUT2D eigenvalue weighted by atomic mass is 10.1. The van der Waals surface area contributed by atoms with Crippen LogP contribution in [0.25, 0.3) is 0 Å². The van der Waals surface area contributed by atoms with Crippen molar-refractivity contribution in [1.82, 2.24) is 0 Å². The maximum Gasteiger partial charge on any atom is 0.255 e. The van der Waals surface area contributed by atoms with E-state index in [0.29, 0.717) is 11.3 Å². The van der Waals surface area contributed by atoms with E-state index in [2.05, 4.69) is 5.32 Å². The number of rotatable bonds is 3. The standard InChI is InChI=1S/C17H18N2O2/c1-12-7-4-5-10-16(12)17(21)18-14-8-6-9-15(11-14)19(3)13(2)20/h4-11H,1-3H3,(H,18,21). The molecule has 0 aliphatic carbocycles. The molecule has 0 fully saturated rings. The summed E-state index contributed by atoms with van der Waals surface area (Å²) in [5.41, 5.74) is 2.97. The highest BCUT2D eigenvalue weighted by Crippen LogP contribution is 2.19. The number of nitrogens with zero attached hydrogens (tertiary/aromatic N) is 1. The van der Waals surface area contributed by atoms with E-state index >= 15 is 0 Å². The van der Waals surface area contributed by atoms with Crippen molar-refractivity contribution >= 4 is 23.2 Å². The van der Waals surface area contributed by atoms with Crippen molar-refractivity contribution < 1.29 is 9.59 Å². The molecule has 108 valence electrons. The summed E-state index contributed by atoms with van der Waals surface area (Å²) in [6.45, 7) is 3.40. The Kier molecular flexibility index (Phi) is 4.38. The van der Waals surface area contributed by atoms with Gasteiger partial charge in [0.1, 0.15) is 0 Å². The molecule has 0 aliphatic rings. The van der Waals surface area contributed by atoms with E-state index in [1.165, 1.54) is 11.8 Å². The number of hydrogen-bond donors (Lipinski definition) is 1. The molecule has 0 aliphatic heterocycles. The molecule has 4 nitrogen and oxygen atoms in total. The van der Waals surface area contributed by atoms with Crippen molar-refractivity contribution in [3.8, 4) is 0 Å². The Morgan fingerprint density at radius 3 is 2.43 bits per heavy atom. The predicted octanol–water partition coefficient (Wildman–Crippen LogP) is 3.23. The highest BCUT2D eigenvalue weighted by Gasteiger charge is 2.10. The van der Waals surface area contributed by atoms with Gasteiger partial charge in [-0.3, -0.25) is 9.59 Å². The number of nitrogens with one attached hydrogen (secondary N) is 1. The summed E-state index contributed by atoms with van der Waals surface area (Å²) in [6, 6.07) is 14.6. The second-order valence-electron chi connectivity index (χ2n) is 4.90. The molecule has 0 saturated carbocycles. The lowest BCUT2D eigenvalue weighted by Crippen LogP contribution is -2.23. The summed E-state index contributed by atoms with van der Waals surface area (Å²) in [6.07, 6.45) is 0. The summed E-state index contributed by atoms with van der Waals surface area (Å²) >= 11 is 0. The first-order valence-corrected chi connectivity index (χ1v) is 6.70. The highest BCUT2D eigenvalue weighted by molar-refractivity contribution is 6.05. The first kappa shape index (κ1) is 14.8. The summed E-state index contributed by atoms with van der Waals surface area (Å²) in [5.74, 6) is -0.215. The zero-order valence-corrected chi connectivity index (χ0v) is 12.4. The minimum Gasteiger partial charge on any atom is -0.322 e.